The van der Waals surface area contributed by atoms with Crippen LogP contribution in [0.15, 0.2) is 30.5 Å². The van der Waals surface area contributed by atoms with Gasteiger partial charge in [-0.25, -0.2) is 0 Å². The van der Waals surface area contributed by atoms with Crippen molar-refractivity contribution in [3.63, 3.8) is 0 Å². The van der Waals surface area contributed by atoms with Gasteiger partial charge in [0.1, 0.15) is 0 Å². The van der Waals surface area contributed by atoms with Gasteiger partial charge in [0.05, 0.1) is 0 Å². The van der Waals surface area contributed by atoms with Gasteiger partial charge in [-0.15, -0.1) is 0 Å². The summed E-state index contributed by atoms with van der Waals surface area (Å²) in [5.74, 6) is 0.473. The minimum absolute atomic E-state index is 0.188. The summed E-state index contributed by atoms with van der Waals surface area (Å²) in [5.41, 5.74) is 2.45. The molecular weight excluding hydrogens is 276 g/mol. The predicted molar refractivity (Wildman–Crippen MR) is 87.6 cm³/mol. The Morgan fingerprint density at radius 1 is 1.36 bits per heavy atom. The van der Waals surface area contributed by atoms with Crippen molar-refractivity contribution in [2.24, 2.45) is 13.0 Å². The highest BCUT2D eigenvalue weighted by molar-refractivity contribution is 5.85. The Morgan fingerprint density at radius 3 is 3.00 bits per heavy atom. The van der Waals surface area contributed by atoms with Gasteiger partial charge in [-0.3, -0.25) is 4.79 Å². The third-order valence-electron chi connectivity index (χ3n) is 4.72. The zero-order valence-electron chi connectivity index (χ0n) is 13.2. The van der Waals surface area contributed by atoms with Crippen LogP contribution in [0.3, 0.4) is 0 Å². The van der Waals surface area contributed by atoms with Crippen LogP contribution in [0.5, 0.6) is 0 Å². The van der Waals surface area contributed by atoms with Crippen molar-refractivity contribution in [1.29, 1.82) is 0 Å². The summed E-state index contributed by atoms with van der Waals surface area (Å²) in [6.45, 7) is 1.74. The van der Waals surface area contributed by atoms with E-state index in [9.17, 15) is 9.90 Å². The molecule has 4 heteroatoms. The quantitative estimate of drug-likeness (QED) is 0.942. The molecule has 1 N–H and O–H groups in total. The van der Waals surface area contributed by atoms with E-state index < -0.39 is 0 Å². The van der Waals surface area contributed by atoms with Crippen LogP contribution < -0.4 is 0 Å². The molecule has 1 aliphatic rings. The van der Waals surface area contributed by atoms with E-state index in [-0.39, 0.29) is 18.4 Å². The number of aromatic nitrogens is 1. The van der Waals surface area contributed by atoms with E-state index >= 15 is 0 Å². The molecular formula is C18H24N2O2. The van der Waals surface area contributed by atoms with Gasteiger partial charge in [0, 0.05) is 50.3 Å². The lowest BCUT2D eigenvalue weighted by Crippen LogP contribution is -2.41. The standard InChI is InChI=1S/C18H24N2O2/c1-19-12-15(16-6-2-3-7-17(16)19)8-9-18(22)20-10-4-5-14(11-20)13-21/h2-3,6-7,12,14,21H,4-5,8-11,13H2,1H3. The number of aliphatic hydroxyl groups excluding tert-OH is 1. The normalized spacial score (nSPS) is 18.8. The number of hydrogen-bond acceptors (Lipinski definition) is 2. The Kier molecular flexibility index (Phi) is 4.48. The molecule has 1 unspecified atom stereocenters. The molecule has 1 saturated heterocycles. The van der Waals surface area contributed by atoms with E-state index in [2.05, 4.69) is 22.9 Å². The minimum Gasteiger partial charge on any atom is -0.396 e. The monoisotopic (exact) mass is 300 g/mol. The lowest BCUT2D eigenvalue weighted by atomic mass is 9.98. The highest BCUT2D eigenvalue weighted by atomic mass is 16.3. The van der Waals surface area contributed by atoms with Gasteiger partial charge in [0.25, 0.3) is 0 Å². The second kappa shape index (κ2) is 6.53. The Hall–Kier alpha value is -1.81. The summed E-state index contributed by atoms with van der Waals surface area (Å²) in [4.78, 5) is 14.3. The SMILES string of the molecule is Cn1cc(CCC(=O)N2CCCC(CO)C2)c2ccccc21. The molecule has 1 atom stereocenters. The van der Waals surface area contributed by atoms with Gasteiger partial charge in [0.15, 0.2) is 0 Å². The summed E-state index contributed by atoms with van der Waals surface area (Å²) in [6, 6.07) is 8.32. The fourth-order valence-corrected chi connectivity index (χ4v) is 3.47. The molecule has 1 aliphatic heterocycles. The highest BCUT2D eigenvalue weighted by Gasteiger charge is 2.23. The third kappa shape index (κ3) is 3.02. The van der Waals surface area contributed by atoms with Crippen LogP contribution in [0.1, 0.15) is 24.8 Å². The first-order valence-electron chi connectivity index (χ1n) is 8.10. The molecule has 2 heterocycles. The number of nitrogens with zero attached hydrogens (tertiary/aromatic N) is 2. The smallest absolute Gasteiger partial charge is 0.222 e. The van der Waals surface area contributed by atoms with Crippen LogP contribution in [0.25, 0.3) is 10.9 Å². The average molecular weight is 300 g/mol. The number of aliphatic hydroxyl groups is 1. The number of piperidine rings is 1. The summed E-state index contributed by atoms with van der Waals surface area (Å²) in [6.07, 6.45) is 5.49. The maximum Gasteiger partial charge on any atom is 0.222 e. The lowest BCUT2D eigenvalue weighted by Gasteiger charge is -2.31. The fraction of sp³-hybridized carbons (Fsp3) is 0.500. The van der Waals surface area contributed by atoms with Crippen LogP contribution >= 0.6 is 0 Å². The Balaban J connectivity index is 1.65. The van der Waals surface area contributed by atoms with Gasteiger partial charge in [0.2, 0.25) is 5.91 Å². The van der Waals surface area contributed by atoms with Crippen molar-refractivity contribution in [2.45, 2.75) is 25.7 Å². The molecule has 0 radical (unpaired) electrons. The summed E-state index contributed by atoms with van der Waals surface area (Å²) in [7, 11) is 2.05. The van der Waals surface area contributed by atoms with Crippen molar-refractivity contribution >= 4 is 16.8 Å². The summed E-state index contributed by atoms with van der Waals surface area (Å²) < 4.78 is 2.12. The highest BCUT2D eigenvalue weighted by Crippen LogP contribution is 2.22. The number of hydrogen-bond donors (Lipinski definition) is 1. The molecule has 22 heavy (non-hydrogen) atoms. The molecule has 118 valence electrons. The maximum absolute atomic E-state index is 12.4. The largest absolute Gasteiger partial charge is 0.396 e. The van der Waals surface area contributed by atoms with Crippen molar-refractivity contribution < 1.29 is 9.90 Å². The van der Waals surface area contributed by atoms with Gasteiger partial charge in [-0.05, 0) is 36.8 Å². The predicted octanol–water partition coefficient (Wildman–Crippen LogP) is 2.34. The molecule has 0 saturated carbocycles. The molecule has 0 aliphatic carbocycles. The van der Waals surface area contributed by atoms with Gasteiger partial charge in [-0.2, -0.15) is 0 Å². The van der Waals surface area contributed by atoms with Crippen LogP contribution in [-0.4, -0.2) is 40.2 Å². The van der Waals surface area contributed by atoms with Crippen LogP contribution in [0.4, 0.5) is 0 Å². The fourth-order valence-electron chi connectivity index (χ4n) is 3.47. The second-order valence-electron chi connectivity index (χ2n) is 6.31. The van der Waals surface area contributed by atoms with Crippen LogP contribution in [-0.2, 0) is 18.3 Å². The first-order valence-corrected chi connectivity index (χ1v) is 8.10. The van der Waals surface area contributed by atoms with Gasteiger partial charge in [-0.1, -0.05) is 18.2 Å². The maximum atomic E-state index is 12.4. The Bertz CT molecular complexity index is 662. The first kappa shape index (κ1) is 15.1. The molecule has 4 nitrogen and oxygen atoms in total. The van der Waals surface area contributed by atoms with Gasteiger partial charge < -0.3 is 14.6 Å². The van der Waals surface area contributed by atoms with E-state index in [0.717, 1.165) is 25.8 Å². The minimum atomic E-state index is 0.188. The van der Waals surface area contributed by atoms with E-state index in [1.165, 1.54) is 16.5 Å². The van der Waals surface area contributed by atoms with Crippen molar-refractivity contribution in [3.05, 3.63) is 36.0 Å². The number of aryl methyl sites for hydroxylation is 2. The molecule has 3 rings (SSSR count). The number of amides is 1. The lowest BCUT2D eigenvalue weighted by molar-refractivity contribution is -0.133. The number of carbonyl (C=O) groups excluding carboxylic acids is 1. The molecule has 0 bridgehead atoms. The van der Waals surface area contributed by atoms with Crippen molar-refractivity contribution in [3.8, 4) is 0 Å². The molecule has 1 aromatic heterocycles. The van der Waals surface area contributed by atoms with Gasteiger partial charge >= 0.3 is 0 Å². The van der Waals surface area contributed by atoms with E-state index in [1.54, 1.807) is 0 Å². The molecule has 1 amide bonds. The number of likely N-dealkylation sites (tertiary alicyclic amines) is 1. The summed E-state index contributed by atoms with van der Waals surface area (Å²) >= 11 is 0. The molecule has 2 aromatic rings. The first-order chi connectivity index (χ1) is 10.7. The summed E-state index contributed by atoms with van der Waals surface area (Å²) in [5, 5.41) is 10.5. The molecule has 1 fully saturated rings. The number of para-hydroxylation sites is 1. The van der Waals surface area contributed by atoms with Crippen molar-refractivity contribution in [1.82, 2.24) is 9.47 Å². The van der Waals surface area contributed by atoms with E-state index in [1.807, 2.05) is 24.1 Å². The number of fused-ring (bicyclic) bond motifs is 1. The number of benzene rings is 1. The Labute approximate surface area is 131 Å². The third-order valence-corrected chi connectivity index (χ3v) is 4.72. The van der Waals surface area contributed by atoms with Crippen LogP contribution in [0, 0.1) is 5.92 Å². The van der Waals surface area contributed by atoms with E-state index in [0.29, 0.717) is 13.0 Å². The zero-order chi connectivity index (χ0) is 15.5. The van der Waals surface area contributed by atoms with Crippen molar-refractivity contribution in [2.75, 3.05) is 19.7 Å². The molecule has 1 aromatic carbocycles. The second-order valence-corrected chi connectivity index (χ2v) is 6.31. The van der Waals surface area contributed by atoms with E-state index in [4.69, 9.17) is 0 Å². The molecule has 0 spiro atoms. The average Bonchev–Trinajstić information content (AvgIpc) is 2.89. The Morgan fingerprint density at radius 2 is 2.18 bits per heavy atom. The number of rotatable bonds is 4. The van der Waals surface area contributed by atoms with Crippen LogP contribution in [0.2, 0.25) is 0 Å². The zero-order valence-corrected chi connectivity index (χ0v) is 13.2. The topological polar surface area (TPSA) is 45.5 Å². The number of carbonyl (C=O) groups is 1.